The molecule has 1 aliphatic heterocycles. The summed E-state index contributed by atoms with van der Waals surface area (Å²) in [4.78, 5) is -0.000933. The number of anilines is 1. The van der Waals surface area contributed by atoms with E-state index in [9.17, 15) is 8.42 Å². The van der Waals surface area contributed by atoms with Crippen molar-refractivity contribution in [2.24, 2.45) is 0 Å². The van der Waals surface area contributed by atoms with E-state index < -0.39 is 10.0 Å². The maximum absolute atomic E-state index is 11.9. The van der Waals surface area contributed by atoms with Crippen LogP contribution >= 0.6 is 0 Å². The number of hydrogen-bond donors (Lipinski definition) is 3. The number of rotatable bonds is 3. The minimum Gasteiger partial charge on any atom is -0.383 e. The molecule has 2 rings (SSSR count). The van der Waals surface area contributed by atoms with Gasteiger partial charge in [-0.2, -0.15) is 5.10 Å². The highest BCUT2D eigenvalue weighted by atomic mass is 32.2. The number of nitrogens with one attached hydrogen (secondary N) is 2. The van der Waals surface area contributed by atoms with Crippen molar-refractivity contribution >= 4 is 15.8 Å². The van der Waals surface area contributed by atoms with Gasteiger partial charge in [-0.15, -0.1) is 0 Å². The molecule has 7 nitrogen and oxygen atoms in total. The van der Waals surface area contributed by atoms with Gasteiger partial charge in [-0.25, -0.2) is 13.1 Å². The lowest BCUT2D eigenvalue weighted by Crippen LogP contribution is -2.38. The Bertz CT molecular complexity index is 450. The molecule has 0 aliphatic carbocycles. The van der Waals surface area contributed by atoms with E-state index >= 15 is 0 Å². The van der Waals surface area contributed by atoms with Crippen molar-refractivity contribution in [3.63, 3.8) is 0 Å². The molecule has 0 amide bonds. The quantitative estimate of drug-likeness (QED) is 0.662. The summed E-state index contributed by atoms with van der Waals surface area (Å²) >= 11 is 0. The highest BCUT2D eigenvalue weighted by Gasteiger charge is 2.24. The molecule has 1 fully saturated rings. The molecular weight excluding hydrogens is 232 g/mol. The molecular formula is C8H14N4O3S. The van der Waals surface area contributed by atoms with Crippen LogP contribution in [0.2, 0.25) is 0 Å². The van der Waals surface area contributed by atoms with Crippen molar-refractivity contribution in [2.45, 2.75) is 23.8 Å². The molecule has 1 saturated heterocycles. The van der Waals surface area contributed by atoms with Crippen LogP contribution in [0.1, 0.15) is 12.8 Å². The van der Waals surface area contributed by atoms with Crippen LogP contribution in [0.4, 0.5) is 5.82 Å². The van der Waals surface area contributed by atoms with Gasteiger partial charge >= 0.3 is 0 Å². The van der Waals surface area contributed by atoms with E-state index in [1.165, 1.54) is 6.20 Å². The van der Waals surface area contributed by atoms with Crippen LogP contribution in [0.3, 0.4) is 0 Å². The number of H-pyrrole nitrogens is 1. The summed E-state index contributed by atoms with van der Waals surface area (Å²) in [5.41, 5.74) is 5.47. The van der Waals surface area contributed by atoms with Gasteiger partial charge < -0.3 is 10.5 Å². The Labute approximate surface area is 93.4 Å². The second-order valence-electron chi connectivity index (χ2n) is 3.66. The van der Waals surface area contributed by atoms with E-state index in [1.54, 1.807) is 0 Å². The molecule has 1 aromatic rings. The van der Waals surface area contributed by atoms with Crippen molar-refractivity contribution in [3.05, 3.63) is 6.20 Å². The highest BCUT2D eigenvalue weighted by molar-refractivity contribution is 7.89. The fraction of sp³-hybridized carbons (Fsp3) is 0.625. The third kappa shape index (κ3) is 2.34. The van der Waals surface area contributed by atoms with E-state index in [2.05, 4.69) is 14.9 Å². The van der Waals surface area contributed by atoms with Crippen LogP contribution in [-0.2, 0) is 14.8 Å². The van der Waals surface area contributed by atoms with Crippen molar-refractivity contribution in [3.8, 4) is 0 Å². The molecule has 0 radical (unpaired) electrons. The van der Waals surface area contributed by atoms with Crippen LogP contribution in [0.25, 0.3) is 0 Å². The number of aromatic nitrogens is 2. The third-order valence-electron chi connectivity index (χ3n) is 2.46. The van der Waals surface area contributed by atoms with Gasteiger partial charge in [0, 0.05) is 19.3 Å². The maximum atomic E-state index is 11.9. The monoisotopic (exact) mass is 246 g/mol. The Hall–Kier alpha value is -1.12. The zero-order chi connectivity index (χ0) is 11.6. The molecule has 2 heterocycles. The number of ether oxygens (including phenoxy) is 1. The van der Waals surface area contributed by atoms with Crippen molar-refractivity contribution in [1.29, 1.82) is 0 Å². The lowest BCUT2D eigenvalue weighted by Gasteiger charge is -2.22. The van der Waals surface area contributed by atoms with Crippen molar-refractivity contribution < 1.29 is 13.2 Å². The van der Waals surface area contributed by atoms with Crippen LogP contribution < -0.4 is 10.5 Å². The third-order valence-corrected chi connectivity index (χ3v) is 4.01. The van der Waals surface area contributed by atoms with Gasteiger partial charge in [0.25, 0.3) is 0 Å². The summed E-state index contributed by atoms with van der Waals surface area (Å²) in [5.74, 6) is 0.0551. The number of nitrogens with zero attached hydrogens (tertiary/aromatic N) is 1. The first-order valence-electron chi connectivity index (χ1n) is 4.98. The Kier molecular flexibility index (Phi) is 3.13. The summed E-state index contributed by atoms with van der Waals surface area (Å²) < 4.78 is 31.5. The van der Waals surface area contributed by atoms with Crippen LogP contribution in [-0.4, -0.2) is 37.9 Å². The first-order valence-corrected chi connectivity index (χ1v) is 6.47. The molecule has 0 atom stereocenters. The largest absolute Gasteiger partial charge is 0.383 e. The number of nitrogen functional groups attached to an aromatic ring is 1. The second kappa shape index (κ2) is 4.40. The maximum Gasteiger partial charge on any atom is 0.246 e. The van der Waals surface area contributed by atoms with E-state index in [-0.39, 0.29) is 16.8 Å². The molecule has 0 spiro atoms. The lowest BCUT2D eigenvalue weighted by molar-refractivity contribution is 0.0832. The van der Waals surface area contributed by atoms with Gasteiger partial charge in [0.2, 0.25) is 10.0 Å². The van der Waals surface area contributed by atoms with Crippen molar-refractivity contribution in [2.75, 3.05) is 18.9 Å². The fourth-order valence-electron chi connectivity index (χ4n) is 1.60. The van der Waals surface area contributed by atoms with Gasteiger partial charge in [0.15, 0.2) is 0 Å². The Morgan fingerprint density at radius 1 is 1.50 bits per heavy atom. The Balaban J connectivity index is 2.11. The zero-order valence-electron chi connectivity index (χ0n) is 8.64. The minimum absolute atomic E-state index is 0.000933. The van der Waals surface area contributed by atoms with E-state index in [0.29, 0.717) is 26.1 Å². The first-order chi connectivity index (χ1) is 7.59. The molecule has 0 saturated carbocycles. The first kappa shape index (κ1) is 11.4. The van der Waals surface area contributed by atoms with E-state index in [0.717, 1.165) is 0 Å². The number of nitrogens with two attached hydrogens (primary N) is 1. The summed E-state index contributed by atoms with van der Waals surface area (Å²) in [6, 6.07) is -0.0898. The molecule has 8 heteroatoms. The Morgan fingerprint density at radius 3 is 2.75 bits per heavy atom. The molecule has 16 heavy (non-hydrogen) atoms. The molecule has 0 aromatic carbocycles. The van der Waals surface area contributed by atoms with Gasteiger partial charge in [0.1, 0.15) is 10.7 Å². The SMILES string of the molecule is Nc1[nH]ncc1S(=O)(=O)NC1CCOCC1. The number of aromatic amines is 1. The average molecular weight is 246 g/mol. The van der Waals surface area contributed by atoms with Gasteiger partial charge in [-0.05, 0) is 12.8 Å². The molecule has 1 aliphatic rings. The topological polar surface area (TPSA) is 110 Å². The molecule has 90 valence electrons. The summed E-state index contributed by atoms with van der Waals surface area (Å²) in [6.07, 6.45) is 2.56. The van der Waals surface area contributed by atoms with Gasteiger partial charge in [-0.3, -0.25) is 5.10 Å². The summed E-state index contributed by atoms with van der Waals surface area (Å²) in [6.45, 7) is 1.15. The molecule has 0 bridgehead atoms. The molecule has 4 N–H and O–H groups in total. The predicted octanol–water partition coefficient (Wildman–Crippen LogP) is -0.551. The van der Waals surface area contributed by atoms with Crippen LogP contribution in [0.5, 0.6) is 0 Å². The number of hydrogen-bond acceptors (Lipinski definition) is 5. The molecule has 0 unspecified atom stereocenters. The Morgan fingerprint density at radius 2 is 2.19 bits per heavy atom. The normalized spacial score (nSPS) is 18.8. The lowest BCUT2D eigenvalue weighted by atomic mass is 10.1. The smallest absolute Gasteiger partial charge is 0.246 e. The van der Waals surface area contributed by atoms with Crippen LogP contribution in [0, 0.1) is 0 Å². The molecule has 1 aromatic heterocycles. The number of sulfonamides is 1. The standard InChI is InChI=1S/C8H14N4O3S/c9-8-7(5-10-11-8)16(13,14)12-6-1-3-15-4-2-6/h5-6,12H,1-4H2,(H3,9,10,11). The van der Waals surface area contributed by atoms with E-state index in [4.69, 9.17) is 10.5 Å². The van der Waals surface area contributed by atoms with Gasteiger partial charge in [0.05, 0.1) is 6.20 Å². The van der Waals surface area contributed by atoms with E-state index in [1.807, 2.05) is 0 Å². The highest BCUT2D eigenvalue weighted by Crippen LogP contribution is 2.16. The van der Waals surface area contributed by atoms with Gasteiger partial charge in [-0.1, -0.05) is 0 Å². The predicted molar refractivity (Wildman–Crippen MR) is 57.2 cm³/mol. The second-order valence-corrected chi connectivity index (χ2v) is 5.34. The summed E-state index contributed by atoms with van der Waals surface area (Å²) in [5, 5.41) is 5.98. The fourth-order valence-corrected chi connectivity index (χ4v) is 2.93. The average Bonchev–Trinajstić information content (AvgIpc) is 2.66. The van der Waals surface area contributed by atoms with Crippen molar-refractivity contribution in [1.82, 2.24) is 14.9 Å². The minimum atomic E-state index is -3.57. The zero-order valence-corrected chi connectivity index (χ0v) is 9.46. The van der Waals surface area contributed by atoms with Crippen LogP contribution in [0.15, 0.2) is 11.1 Å². The summed E-state index contributed by atoms with van der Waals surface area (Å²) in [7, 11) is -3.57.